The topological polar surface area (TPSA) is 96.9 Å². The smallest absolute Gasteiger partial charge is 0.261 e. The Balaban J connectivity index is 1.29. The van der Waals surface area contributed by atoms with Crippen LogP contribution in [0.2, 0.25) is 5.02 Å². The van der Waals surface area contributed by atoms with Gasteiger partial charge in [0.05, 0.1) is 11.1 Å². The Kier molecular flexibility index (Phi) is 9.44. The summed E-state index contributed by atoms with van der Waals surface area (Å²) in [6, 6.07) is 8.23. The van der Waals surface area contributed by atoms with E-state index in [0.717, 1.165) is 30.9 Å². The van der Waals surface area contributed by atoms with E-state index in [1.54, 1.807) is 0 Å². The second-order valence-electron chi connectivity index (χ2n) is 10.1. The lowest BCUT2D eigenvalue weighted by Crippen LogP contribution is -2.54. The number of carbonyl (C=O) groups excluding carboxylic acids is 2. The van der Waals surface area contributed by atoms with Crippen LogP contribution in [-0.4, -0.2) is 47.8 Å². The lowest BCUT2D eigenvalue weighted by molar-refractivity contribution is -0.129. The first-order chi connectivity index (χ1) is 18.2. The lowest BCUT2D eigenvalue weighted by atomic mass is 9.77. The van der Waals surface area contributed by atoms with Gasteiger partial charge in [-0.1, -0.05) is 30.9 Å². The number of carbonyl (C=O) groups is 2. The van der Waals surface area contributed by atoms with E-state index in [2.05, 4.69) is 10.6 Å². The molecule has 206 valence electrons. The third-order valence-electron chi connectivity index (χ3n) is 7.11. The maximum Gasteiger partial charge on any atom is 0.261 e. The molecule has 2 atom stereocenters. The van der Waals surface area contributed by atoms with Gasteiger partial charge in [-0.15, -0.1) is 0 Å². The van der Waals surface area contributed by atoms with Gasteiger partial charge in [0.2, 0.25) is 0 Å². The van der Waals surface area contributed by atoms with Crippen LogP contribution in [0.1, 0.15) is 56.9 Å². The van der Waals surface area contributed by atoms with Gasteiger partial charge >= 0.3 is 0 Å². The molecule has 0 bridgehead atoms. The minimum atomic E-state index is -0.893. The Hall–Kier alpha value is -2.91. The number of ether oxygens (including phenoxy) is 2. The summed E-state index contributed by atoms with van der Waals surface area (Å²) in [5.74, 6) is -1.00. The minimum Gasteiger partial charge on any atom is -0.484 e. The van der Waals surface area contributed by atoms with Gasteiger partial charge in [-0.05, 0) is 74.4 Å². The molecule has 0 aromatic heterocycles. The van der Waals surface area contributed by atoms with Gasteiger partial charge in [-0.25, -0.2) is 8.78 Å². The number of aliphatic hydroxyl groups excluding tert-OH is 1. The van der Waals surface area contributed by atoms with Crippen LogP contribution in [0, 0.1) is 11.6 Å². The third-order valence-corrected chi connectivity index (χ3v) is 7.42. The van der Waals surface area contributed by atoms with Crippen molar-refractivity contribution in [1.82, 2.24) is 10.6 Å². The van der Waals surface area contributed by atoms with Gasteiger partial charge in [0.25, 0.3) is 11.8 Å². The summed E-state index contributed by atoms with van der Waals surface area (Å²) >= 11 is 5.68. The van der Waals surface area contributed by atoms with Gasteiger partial charge in [0, 0.05) is 18.2 Å². The first-order valence-electron chi connectivity index (χ1n) is 13.0. The van der Waals surface area contributed by atoms with E-state index in [1.165, 1.54) is 30.3 Å². The normalized spacial score (nSPS) is 19.3. The summed E-state index contributed by atoms with van der Waals surface area (Å²) in [6.07, 6.45) is 4.65. The lowest BCUT2D eigenvalue weighted by Gasteiger charge is -2.39. The highest BCUT2D eigenvalue weighted by Gasteiger charge is 2.36. The summed E-state index contributed by atoms with van der Waals surface area (Å²) in [5, 5.41) is 16.6. The van der Waals surface area contributed by atoms with Crippen molar-refractivity contribution in [3.63, 3.8) is 0 Å². The van der Waals surface area contributed by atoms with E-state index in [4.69, 9.17) is 21.1 Å². The number of hydrogen-bond donors (Lipinski definition) is 3. The zero-order valence-electron chi connectivity index (χ0n) is 21.1. The monoisotopic (exact) mass is 550 g/mol. The molecular formula is C28H33ClF2N2O5. The van der Waals surface area contributed by atoms with E-state index in [9.17, 15) is 23.5 Å². The van der Waals surface area contributed by atoms with Crippen LogP contribution in [0.5, 0.6) is 11.5 Å². The molecule has 1 heterocycles. The summed E-state index contributed by atoms with van der Waals surface area (Å²) in [5.41, 5.74) is 0.108. The fraction of sp³-hybridized carbons (Fsp3) is 0.500. The molecule has 1 aliphatic carbocycles. The van der Waals surface area contributed by atoms with Crippen molar-refractivity contribution in [2.45, 2.75) is 75.5 Å². The Morgan fingerprint density at radius 1 is 1.13 bits per heavy atom. The molecular weight excluding hydrogens is 518 g/mol. The fourth-order valence-corrected chi connectivity index (χ4v) is 5.36. The quantitative estimate of drug-likeness (QED) is 0.428. The molecule has 1 saturated carbocycles. The van der Waals surface area contributed by atoms with Crippen molar-refractivity contribution < 1.29 is 33.0 Å². The molecule has 1 fully saturated rings. The van der Waals surface area contributed by atoms with Gasteiger partial charge in [-0.2, -0.15) is 0 Å². The summed E-state index contributed by atoms with van der Waals surface area (Å²) < 4.78 is 38.4. The molecule has 10 heteroatoms. The van der Waals surface area contributed by atoms with Crippen LogP contribution < -0.4 is 20.1 Å². The molecule has 2 amide bonds. The number of aryl methyl sites for hydroxylation is 1. The van der Waals surface area contributed by atoms with Crippen LogP contribution >= 0.6 is 11.6 Å². The molecule has 0 saturated heterocycles. The first-order valence-corrected chi connectivity index (χ1v) is 13.4. The number of halogens is 3. The number of rotatable bonds is 9. The van der Waals surface area contributed by atoms with Crippen molar-refractivity contribution in [3.8, 4) is 11.5 Å². The van der Waals surface area contributed by atoms with Crippen molar-refractivity contribution >= 4 is 23.4 Å². The molecule has 1 aliphatic heterocycles. The molecule has 2 aromatic rings. The fourth-order valence-electron chi connectivity index (χ4n) is 5.24. The molecule has 2 aromatic carbocycles. The SMILES string of the molecule is O=C(COc1ccc(Cl)c(F)c1)NC1(C[C@H](O)CNC(=O)[C@H]2CCCc3cc(F)ccc3O2)CCCCC1. The first kappa shape index (κ1) is 28.1. The predicted octanol–water partition coefficient (Wildman–Crippen LogP) is 4.47. The highest BCUT2D eigenvalue weighted by molar-refractivity contribution is 6.30. The van der Waals surface area contributed by atoms with E-state index in [1.807, 2.05) is 0 Å². The van der Waals surface area contributed by atoms with E-state index >= 15 is 0 Å². The Labute approximate surface area is 225 Å². The van der Waals surface area contributed by atoms with Crippen molar-refractivity contribution in [2.75, 3.05) is 13.2 Å². The molecule has 0 spiro atoms. The number of fused-ring (bicyclic) bond motifs is 1. The van der Waals surface area contributed by atoms with Gasteiger partial charge < -0.3 is 25.2 Å². The number of benzene rings is 2. The number of amides is 2. The van der Waals surface area contributed by atoms with Crippen molar-refractivity contribution in [1.29, 1.82) is 0 Å². The molecule has 0 radical (unpaired) electrons. The zero-order chi connectivity index (χ0) is 27.1. The van der Waals surface area contributed by atoms with Gasteiger partial charge in [0.15, 0.2) is 12.7 Å². The summed E-state index contributed by atoms with van der Waals surface area (Å²) in [4.78, 5) is 25.5. The van der Waals surface area contributed by atoms with Gasteiger partial charge in [-0.3, -0.25) is 9.59 Å². The van der Waals surface area contributed by atoms with Crippen LogP contribution in [0.4, 0.5) is 8.78 Å². The average molecular weight is 551 g/mol. The second kappa shape index (κ2) is 12.8. The molecule has 0 unspecified atom stereocenters. The van der Waals surface area contributed by atoms with Crippen LogP contribution in [-0.2, 0) is 16.0 Å². The highest BCUT2D eigenvalue weighted by atomic mass is 35.5. The zero-order valence-corrected chi connectivity index (χ0v) is 21.9. The predicted molar refractivity (Wildman–Crippen MR) is 138 cm³/mol. The minimum absolute atomic E-state index is 0.00708. The summed E-state index contributed by atoms with van der Waals surface area (Å²) in [6.45, 7) is -0.298. The molecule has 7 nitrogen and oxygen atoms in total. The van der Waals surface area contributed by atoms with Crippen LogP contribution in [0.25, 0.3) is 0 Å². The van der Waals surface area contributed by atoms with Crippen LogP contribution in [0.3, 0.4) is 0 Å². The largest absolute Gasteiger partial charge is 0.484 e. The highest BCUT2D eigenvalue weighted by Crippen LogP contribution is 2.32. The maximum absolute atomic E-state index is 13.6. The van der Waals surface area contributed by atoms with E-state index in [0.29, 0.717) is 37.9 Å². The Morgan fingerprint density at radius 3 is 2.68 bits per heavy atom. The maximum atomic E-state index is 13.6. The number of nitrogens with one attached hydrogen (secondary N) is 2. The Bertz CT molecular complexity index is 1140. The standard InChI is InChI=1S/C28H33ClF2N2O5/c29-22-9-8-21(14-23(22)31)37-17-26(35)33-28(11-2-1-3-12-28)15-20(34)16-32-27(36)25-6-4-5-18-13-19(30)7-10-24(18)38-25/h7-10,13-14,20,25,34H,1-6,11-12,15-17H2,(H,32,36)(H,33,35)/t20-,25+/m0/s1. The average Bonchev–Trinajstić information content (AvgIpc) is 3.10. The number of hydrogen-bond acceptors (Lipinski definition) is 5. The van der Waals surface area contributed by atoms with E-state index in [-0.39, 0.29) is 48.0 Å². The van der Waals surface area contributed by atoms with Gasteiger partial charge in [0.1, 0.15) is 23.1 Å². The van der Waals surface area contributed by atoms with E-state index < -0.39 is 23.6 Å². The Morgan fingerprint density at radius 2 is 1.92 bits per heavy atom. The number of aliphatic hydroxyl groups is 1. The molecule has 2 aliphatic rings. The molecule has 3 N–H and O–H groups in total. The van der Waals surface area contributed by atoms with Crippen LogP contribution in [0.15, 0.2) is 36.4 Å². The summed E-state index contributed by atoms with van der Waals surface area (Å²) in [7, 11) is 0. The molecule has 38 heavy (non-hydrogen) atoms. The van der Waals surface area contributed by atoms with Crippen molar-refractivity contribution in [3.05, 3.63) is 58.6 Å². The third kappa shape index (κ3) is 7.57. The molecule has 4 rings (SSSR count). The second-order valence-corrected chi connectivity index (χ2v) is 10.5. The van der Waals surface area contributed by atoms with Crippen molar-refractivity contribution in [2.24, 2.45) is 0 Å².